The SMILES string of the molecule is CCCC(CC)OC(=O)NCCCCOC(=O)CCN(CCCCO)CCC(=O)OC. The van der Waals surface area contributed by atoms with E-state index in [9.17, 15) is 14.4 Å². The standard InChI is InChI=1S/C22H42N2O7/c1-4-10-19(5-2)31-22(28)23-13-6-9-18-30-21(27)12-16-24(14-7-8-17-25)15-11-20(26)29-3/h19,25H,4-18H2,1-3H3,(H,23,28). The normalized spacial score (nSPS) is 11.8. The van der Waals surface area contributed by atoms with Crippen LogP contribution in [0.3, 0.4) is 0 Å². The number of carbonyl (C=O) groups excluding carboxylic acids is 3. The van der Waals surface area contributed by atoms with E-state index in [4.69, 9.17) is 14.6 Å². The summed E-state index contributed by atoms with van der Waals surface area (Å²) in [6.45, 7) is 6.65. The van der Waals surface area contributed by atoms with Gasteiger partial charge in [0.15, 0.2) is 0 Å². The Morgan fingerprint density at radius 2 is 1.68 bits per heavy atom. The van der Waals surface area contributed by atoms with Crippen LogP contribution in [0.2, 0.25) is 0 Å². The Bertz CT molecular complexity index is 488. The predicted molar refractivity (Wildman–Crippen MR) is 118 cm³/mol. The summed E-state index contributed by atoms with van der Waals surface area (Å²) >= 11 is 0. The second-order valence-electron chi connectivity index (χ2n) is 7.43. The van der Waals surface area contributed by atoms with Gasteiger partial charge >= 0.3 is 18.0 Å². The molecule has 0 radical (unpaired) electrons. The molecule has 0 saturated heterocycles. The van der Waals surface area contributed by atoms with Crippen molar-refractivity contribution in [3.05, 3.63) is 0 Å². The number of unbranched alkanes of at least 4 members (excludes halogenated alkanes) is 2. The average molecular weight is 447 g/mol. The minimum Gasteiger partial charge on any atom is -0.469 e. The highest BCUT2D eigenvalue weighted by molar-refractivity contribution is 5.70. The molecular weight excluding hydrogens is 404 g/mol. The zero-order valence-electron chi connectivity index (χ0n) is 19.5. The Balaban J connectivity index is 3.93. The van der Waals surface area contributed by atoms with Crippen LogP contribution in [-0.2, 0) is 23.8 Å². The molecule has 0 bridgehead atoms. The molecule has 9 nitrogen and oxygen atoms in total. The molecule has 0 spiro atoms. The van der Waals surface area contributed by atoms with E-state index in [0.717, 1.165) is 25.7 Å². The summed E-state index contributed by atoms with van der Waals surface area (Å²) in [6.07, 6.45) is 5.52. The van der Waals surface area contributed by atoms with Crippen LogP contribution in [0.5, 0.6) is 0 Å². The van der Waals surface area contributed by atoms with Crippen molar-refractivity contribution in [3.8, 4) is 0 Å². The molecule has 2 N–H and O–H groups in total. The van der Waals surface area contributed by atoms with Gasteiger partial charge in [0.25, 0.3) is 0 Å². The Kier molecular flexibility index (Phi) is 18.8. The first-order valence-electron chi connectivity index (χ1n) is 11.5. The molecule has 0 saturated carbocycles. The number of aliphatic hydroxyl groups excluding tert-OH is 1. The molecule has 0 heterocycles. The molecule has 182 valence electrons. The maximum Gasteiger partial charge on any atom is 0.407 e. The van der Waals surface area contributed by atoms with E-state index < -0.39 is 6.09 Å². The number of nitrogens with zero attached hydrogens (tertiary/aromatic N) is 1. The van der Waals surface area contributed by atoms with Gasteiger partial charge in [-0.2, -0.15) is 0 Å². The molecule has 0 fully saturated rings. The van der Waals surface area contributed by atoms with Gasteiger partial charge in [0, 0.05) is 26.2 Å². The number of hydrogen-bond donors (Lipinski definition) is 2. The van der Waals surface area contributed by atoms with Crippen molar-refractivity contribution in [2.45, 2.75) is 77.7 Å². The van der Waals surface area contributed by atoms with Crippen LogP contribution in [-0.4, -0.2) is 80.6 Å². The first kappa shape index (κ1) is 29.1. The van der Waals surface area contributed by atoms with Crippen LogP contribution in [0.15, 0.2) is 0 Å². The maximum absolute atomic E-state index is 12.0. The first-order chi connectivity index (χ1) is 15.0. The van der Waals surface area contributed by atoms with E-state index in [-0.39, 0.29) is 37.5 Å². The smallest absolute Gasteiger partial charge is 0.407 e. The molecule has 0 aliphatic rings. The lowest BCUT2D eigenvalue weighted by molar-refractivity contribution is -0.144. The minimum absolute atomic E-state index is 0.0400. The number of hydrogen-bond acceptors (Lipinski definition) is 8. The molecule has 1 amide bonds. The van der Waals surface area contributed by atoms with E-state index in [0.29, 0.717) is 52.0 Å². The largest absolute Gasteiger partial charge is 0.469 e. The summed E-state index contributed by atoms with van der Waals surface area (Å²) in [5, 5.41) is 11.6. The van der Waals surface area contributed by atoms with Gasteiger partial charge in [-0.15, -0.1) is 0 Å². The summed E-state index contributed by atoms with van der Waals surface area (Å²) in [5.41, 5.74) is 0. The second-order valence-corrected chi connectivity index (χ2v) is 7.43. The zero-order valence-corrected chi connectivity index (χ0v) is 19.5. The van der Waals surface area contributed by atoms with Gasteiger partial charge in [-0.25, -0.2) is 4.79 Å². The van der Waals surface area contributed by atoms with Crippen molar-refractivity contribution in [1.29, 1.82) is 0 Å². The summed E-state index contributed by atoms with van der Waals surface area (Å²) in [7, 11) is 1.35. The summed E-state index contributed by atoms with van der Waals surface area (Å²) < 4.78 is 15.2. The van der Waals surface area contributed by atoms with Crippen LogP contribution in [0.4, 0.5) is 4.79 Å². The molecule has 0 aliphatic heterocycles. The number of carbonyl (C=O) groups is 3. The number of ether oxygens (including phenoxy) is 3. The number of nitrogens with one attached hydrogen (secondary N) is 1. The minimum atomic E-state index is -0.398. The van der Waals surface area contributed by atoms with Crippen LogP contribution in [0.1, 0.15) is 71.6 Å². The topological polar surface area (TPSA) is 114 Å². The van der Waals surface area contributed by atoms with Gasteiger partial charge in [-0.1, -0.05) is 20.3 Å². The quantitative estimate of drug-likeness (QED) is 0.177. The van der Waals surface area contributed by atoms with Gasteiger partial charge in [-0.3, -0.25) is 9.59 Å². The van der Waals surface area contributed by atoms with Crippen LogP contribution in [0.25, 0.3) is 0 Å². The van der Waals surface area contributed by atoms with Crippen molar-refractivity contribution in [2.75, 3.05) is 46.5 Å². The molecule has 0 aromatic rings. The molecule has 0 aromatic heterocycles. The molecule has 0 aromatic carbocycles. The van der Waals surface area contributed by atoms with Crippen molar-refractivity contribution in [1.82, 2.24) is 10.2 Å². The monoisotopic (exact) mass is 446 g/mol. The highest BCUT2D eigenvalue weighted by atomic mass is 16.6. The van der Waals surface area contributed by atoms with Crippen LogP contribution < -0.4 is 5.32 Å². The fraction of sp³-hybridized carbons (Fsp3) is 0.864. The Morgan fingerprint density at radius 1 is 0.968 bits per heavy atom. The third kappa shape index (κ3) is 17.5. The van der Waals surface area contributed by atoms with E-state index in [2.05, 4.69) is 17.0 Å². The molecule has 9 heteroatoms. The van der Waals surface area contributed by atoms with Gasteiger partial charge in [0.05, 0.1) is 26.6 Å². The van der Waals surface area contributed by atoms with E-state index in [1.54, 1.807) is 0 Å². The number of esters is 2. The Labute approximate surface area is 186 Å². The molecule has 0 aliphatic carbocycles. The number of aliphatic hydroxyl groups is 1. The fourth-order valence-electron chi connectivity index (χ4n) is 2.92. The summed E-state index contributed by atoms with van der Waals surface area (Å²) in [5.74, 6) is -0.578. The van der Waals surface area contributed by atoms with Gasteiger partial charge in [0.2, 0.25) is 0 Å². The lowest BCUT2D eigenvalue weighted by atomic mass is 10.2. The molecule has 31 heavy (non-hydrogen) atoms. The lowest BCUT2D eigenvalue weighted by Gasteiger charge is -2.21. The van der Waals surface area contributed by atoms with Crippen molar-refractivity contribution < 1.29 is 33.7 Å². The highest BCUT2D eigenvalue weighted by Gasteiger charge is 2.12. The summed E-state index contributed by atoms with van der Waals surface area (Å²) in [4.78, 5) is 37.0. The fourth-order valence-corrected chi connectivity index (χ4v) is 2.92. The number of alkyl carbamates (subject to hydrolysis) is 1. The van der Waals surface area contributed by atoms with Crippen molar-refractivity contribution in [3.63, 3.8) is 0 Å². The number of methoxy groups -OCH3 is 1. The van der Waals surface area contributed by atoms with Crippen LogP contribution >= 0.6 is 0 Å². The summed E-state index contributed by atoms with van der Waals surface area (Å²) in [6, 6.07) is 0. The second kappa shape index (κ2) is 20.1. The number of rotatable bonds is 19. The van der Waals surface area contributed by atoms with E-state index in [1.807, 2.05) is 11.8 Å². The van der Waals surface area contributed by atoms with Gasteiger partial charge in [0.1, 0.15) is 6.10 Å². The molecule has 1 unspecified atom stereocenters. The van der Waals surface area contributed by atoms with E-state index >= 15 is 0 Å². The number of amides is 1. The third-order valence-electron chi connectivity index (χ3n) is 4.82. The van der Waals surface area contributed by atoms with Crippen LogP contribution in [0, 0.1) is 0 Å². The molecule has 0 rings (SSSR count). The highest BCUT2D eigenvalue weighted by Crippen LogP contribution is 2.06. The Hall–Kier alpha value is -1.87. The maximum atomic E-state index is 12.0. The van der Waals surface area contributed by atoms with Gasteiger partial charge < -0.3 is 29.5 Å². The average Bonchev–Trinajstić information content (AvgIpc) is 2.76. The first-order valence-corrected chi connectivity index (χ1v) is 11.5. The lowest BCUT2D eigenvalue weighted by Crippen LogP contribution is -2.31. The third-order valence-corrected chi connectivity index (χ3v) is 4.82. The zero-order chi connectivity index (χ0) is 23.3. The van der Waals surface area contributed by atoms with Gasteiger partial charge in [-0.05, 0) is 45.1 Å². The van der Waals surface area contributed by atoms with Crippen molar-refractivity contribution >= 4 is 18.0 Å². The Morgan fingerprint density at radius 3 is 2.29 bits per heavy atom. The van der Waals surface area contributed by atoms with E-state index in [1.165, 1.54) is 7.11 Å². The molecule has 1 atom stereocenters. The molecular formula is C22H42N2O7. The van der Waals surface area contributed by atoms with Crippen molar-refractivity contribution in [2.24, 2.45) is 0 Å². The predicted octanol–water partition coefficient (Wildman–Crippen LogP) is 2.64.